The first-order chi connectivity index (χ1) is 9.25. The number of hydrogen-bond donors (Lipinski definition) is 2. The van der Waals surface area contributed by atoms with E-state index in [0.29, 0.717) is 18.7 Å². The first-order valence-electron chi connectivity index (χ1n) is 5.94. The molecule has 4 nitrogen and oxygen atoms in total. The molecule has 98 valence electrons. The molecule has 19 heavy (non-hydrogen) atoms. The predicted octanol–water partition coefficient (Wildman–Crippen LogP) is 2.53. The van der Waals surface area contributed by atoms with E-state index in [1.54, 1.807) is 6.20 Å². The largest absolute Gasteiger partial charge is 0.368 e. The van der Waals surface area contributed by atoms with E-state index in [-0.39, 0.29) is 5.91 Å². The number of anilines is 1. The molecule has 0 unspecified atom stereocenters. The summed E-state index contributed by atoms with van der Waals surface area (Å²) >= 11 is 2.21. The molecule has 0 aliphatic heterocycles. The molecule has 0 aliphatic carbocycles. The van der Waals surface area contributed by atoms with Gasteiger partial charge in [-0.1, -0.05) is 6.07 Å². The summed E-state index contributed by atoms with van der Waals surface area (Å²) in [5.74, 6) is 0.755. The molecule has 0 radical (unpaired) electrons. The Morgan fingerprint density at radius 3 is 2.58 bits per heavy atom. The van der Waals surface area contributed by atoms with Crippen LogP contribution in [0.3, 0.4) is 0 Å². The third-order valence-electron chi connectivity index (χ3n) is 2.49. The van der Waals surface area contributed by atoms with Crippen molar-refractivity contribution in [3.63, 3.8) is 0 Å². The molecule has 2 aromatic rings. The molecular weight excluding hydrogens is 353 g/mol. The number of hydrogen-bond acceptors (Lipinski definition) is 3. The van der Waals surface area contributed by atoms with E-state index in [1.807, 2.05) is 42.5 Å². The maximum absolute atomic E-state index is 11.8. The van der Waals surface area contributed by atoms with Gasteiger partial charge >= 0.3 is 0 Å². The summed E-state index contributed by atoms with van der Waals surface area (Å²) in [5, 5.41) is 5.99. The Morgan fingerprint density at radius 1 is 1.11 bits per heavy atom. The standard InChI is InChI=1S/C14H14IN3O/c15-12-6-4-11(5-7-12)14(19)18-10-9-17-13-3-1-2-8-16-13/h1-8H,9-10H2,(H,16,17)(H,18,19). The summed E-state index contributed by atoms with van der Waals surface area (Å²) in [6, 6.07) is 13.2. The fourth-order valence-corrected chi connectivity index (χ4v) is 1.90. The topological polar surface area (TPSA) is 54.0 Å². The molecule has 5 heteroatoms. The minimum Gasteiger partial charge on any atom is -0.368 e. The third kappa shape index (κ3) is 4.51. The molecule has 1 heterocycles. The van der Waals surface area contributed by atoms with Gasteiger partial charge in [0, 0.05) is 28.4 Å². The van der Waals surface area contributed by atoms with Crippen molar-refractivity contribution in [1.29, 1.82) is 0 Å². The van der Waals surface area contributed by atoms with Crippen LogP contribution in [0.5, 0.6) is 0 Å². The molecule has 2 rings (SSSR count). The van der Waals surface area contributed by atoms with Crippen molar-refractivity contribution in [2.45, 2.75) is 0 Å². The molecule has 0 atom stereocenters. The number of carbonyl (C=O) groups excluding carboxylic acids is 1. The van der Waals surface area contributed by atoms with Crippen LogP contribution in [-0.2, 0) is 0 Å². The van der Waals surface area contributed by atoms with E-state index < -0.39 is 0 Å². The SMILES string of the molecule is O=C(NCCNc1ccccn1)c1ccc(I)cc1. The first-order valence-corrected chi connectivity index (χ1v) is 7.02. The second-order valence-electron chi connectivity index (χ2n) is 3.90. The molecule has 0 bridgehead atoms. The number of aromatic nitrogens is 1. The molecule has 1 amide bonds. The smallest absolute Gasteiger partial charge is 0.251 e. The number of rotatable bonds is 5. The molecule has 0 aliphatic rings. The van der Waals surface area contributed by atoms with Crippen molar-refractivity contribution in [3.8, 4) is 0 Å². The van der Waals surface area contributed by atoms with Crippen LogP contribution in [0.15, 0.2) is 48.7 Å². The average molecular weight is 367 g/mol. The van der Waals surface area contributed by atoms with Gasteiger partial charge in [0.15, 0.2) is 0 Å². The number of halogens is 1. The van der Waals surface area contributed by atoms with E-state index in [0.717, 1.165) is 9.39 Å². The monoisotopic (exact) mass is 367 g/mol. The van der Waals surface area contributed by atoms with E-state index in [2.05, 4.69) is 38.2 Å². The maximum Gasteiger partial charge on any atom is 0.251 e. The highest BCUT2D eigenvalue weighted by atomic mass is 127. The lowest BCUT2D eigenvalue weighted by Crippen LogP contribution is -2.28. The van der Waals surface area contributed by atoms with E-state index >= 15 is 0 Å². The highest BCUT2D eigenvalue weighted by Gasteiger charge is 2.03. The Kier molecular flexibility index (Phi) is 5.14. The van der Waals surface area contributed by atoms with E-state index in [9.17, 15) is 4.79 Å². The van der Waals surface area contributed by atoms with Gasteiger partial charge in [-0.15, -0.1) is 0 Å². The lowest BCUT2D eigenvalue weighted by atomic mass is 10.2. The van der Waals surface area contributed by atoms with Crippen LogP contribution < -0.4 is 10.6 Å². The van der Waals surface area contributed by atoms with Crippen molar-refractivity contribution < 1.29 is 4.79 Å². The number of carbonyl (C=O) groups is 1. The molecule has 0 fully saturated rings. The summed E-state index contributed by atoms with van der Waals surface area (Å²) in [7, 11) is 0. The molecule has 1 aromatic heterocycles. The quantitative estimate of drug-likeness (QED) is 0.631. The van der Waals surface area contributed by atoms with Crippen molar-refractivity contribution in [2.24, 2.45) is 0 Å². The van der Waals surface area contributed by atoms with Crippen LogP contribution in [0.1, 0.15) is 10.4 Å². The zero-order chi connectivity index (χ0) is 13.5. The number of benzene rings is 1. The van der Waals surface area contributed by atoms with Crippen molar-refractivity contribution in [3.05, 3.63) is 57.8 Å². The van der Waals surface area contributed by atoms with E-state index in [4.69, 9.17) is 0 Å². The second kappa shape index (κ2) is 7.08. The fourth-order valence-electron chi connectivity index (χ4n) is 1.54. The Balaban J connectivity index is 1.74. The predicted molar refractivity (Wildman–Crippen MR) is 84.2 cm³/mol. The van der Waals surface area contributed by atoms with Crippen LogP contribution in [0.2, 0.25) is 0 Å². The Bertz CT molecular complexity index is 528. The Morgan fingerprint density at radius 2 is 1.89 bits per heavy atom. The van der Waals surface area contributed by atoms with Crippen molar-refractivity contribution >= 4 is 34.3 Å². The molecular formula is C14H14IN3O. The van der Waals surface area contributed by atoms with Gasteiger partial charge in [0.1, 0.15) is 5.82 Å². The van der Waals surface area contributed by atoms with Gasteiger partial charge in [-0.3, -0.25) is 4.79 Å². The third-order valence-corrected chi connectivity index (χ3v) is 3.21. The van der Waals surface area contributed by atoms with Gasteiger partial charge in [0.2, 0.25) is 0 Å². The number of pyridine rings is 1. The summed E-state index contributed by atoms with van der Waals surface area (Å²) in [6.45, 7) is 1.20. The highest BCUT2D eigenvalue weighted by molar-refractivity contribution is 14.1. The Labute approximate surface area is 125 Å². The fraction of sp³-hybridized carbons (Fsp3) is 0.143. The molecule has 1 aromatic carbocycles. The number of nitrogens with zero attached hydrogens (tertiary/aromatic N) is 1. The zero-order valence-electron chi connectivity index (χ0n) is 10.3. The van der Waals surface area contributed by atoms with Gasteiger partial charge in [-0.2, -0.15) is 0 Å². The van der Waals surface area contributed by atoms with Gasteiger partial charge in [0.05, 0.1) is 0 Å². The molecule has 2 N–H and O–H groups in total. The summed E-state index contributed by atoms with van der Waals surface area (Å²) < 4.78 is 1.12. The lowest BCUT2D eigenvalue weighted by Gasteiger charge is -2.07. The summed E-state index contributed by atoms with van der Waals surface area (Å²) in [4.78, 5) is 15.9. The molecule has 0 spiro atoms. The minimum absolute atomic E-state index is 0.0563. The van der Waals surface area contributed by atoms with Crippen LogP contribution in [0.25, 0.3) is 0 Å². The minimum atomic E-state index is -0.0563. The normalized spacial score (nSPS) is 9.95. The van der Waals surface area contributed by atoms with Crippen LogP contribution in [0, 0.1) is 3.57 Å². The van der Waals surface area contributed by atoms with E-state index in [1.165, 1.54) is 0 Å². The highest BCUT2D eigenvalue weighted by Crippen LogP contribution is 2.06. The molecule has 0 saturated heterocycles. The first kappa shape index (κ1) is 13.8. The Hall–Kier alpha value is -1.63. The average Bonchev–Trinajstić information content (AvgIpc) is 2.45. The van der Waals surface area contributed by atoms with Crippen LogP contribution in [-0.4, -0.2) is 24.0 Å². The summed E-state index contributed by atoms with van der Waals surface area (Å²) in [5.41, 5.74) is 0.679. The van der Waals surface area contributed by atoms with Gasteiger partial charge in [0.25, 0.3) is 5.91 Å². The van der Waals surface area contributed by atoms with Crippen molar-refractivity contribution in [2.75, 3.05) is 18.4 Å². The number of amides is 1. The molecule has 0 saturated carbocycles. The zero-order valence-corrected chi connectivity index (χ0v) is 12.4. The number of nitrogens with one attached hydrogen (secondary N) is 2. The van der Waals surface area contributed by atoms with Crippen LogP contribution in [0.4, 0.5) is 5.82 Å². The second-order valence-corrected chi connectivity index (χ2v) is 5.15. The van der Waals surface area contributed by atoms with Crippen LogP contribution >= 0.6 is 22.6 Å². The lowest BCUT2D eigenvalue weighted by molar-refractivity contribution is 0.0955. The van der Waals surface area contributed by atoms with Crippen molar-refractivity contribution in [1.82, 2.24) is 10.3 Å². The maximum atomic E-state index is 11.8. The van der Waals surface area contributed by atoms with Gasteiger partial charge < -0.3 is 10.6 Å². The van der Waals surface area contributed by atoms with Gasteiger partial charge in [-0.05, 0) is 59.0 Å². The van der Waals surface area contributed by atoms with Gasteiger partial charge in [-0.25, -0.2) is 4.98 Å². The summed E-state index contributed by atoms with van der Waals surface area (Å²) in [6.07, 6.45) is 1.73.